The molecule has 8 nitrogen and oxygen atoms in total. The first-order valence-electron chi connectivity index (χ1n) is 9.79. The van der Waals surface area contributed by atoms with Crippen LogP contribution in [0.25, 0.3) is 17.5 Å². The van der Waals surface area contributed by atoms with E-state index in [0.717, 1.165) is 0 Å². The van der Waals surface area contributed by atoms with E-state index in [1.807, 2.05) is 0 Å². The molecule has 0 radical (unpaired) electrons. The molecule has 0 unspecified atom stereocenters. The highest BCUT2D eigenvalue weighted by Gasteiger charge is 2.22. The van der Waals surface area contributed by atoms with Crippen LogP contribution in [0.5, 0.6) is 0 Å². The summed E-state index contributed by atoms with van der Waals surface area (Å²) in [4.78, 5) is 12.5. The minimum atomic E-state index is -3.67. The Morgan fingerprint density at radius 3 is 2.56 bits per heavy atom. The third-order valence-electron chi connectivity index (χ3n) is 4.63. The summed E-state index contributed by atoms with van der Waals surface area (Å²) in [5, 5.41) is 6.73. The summed E-state index contributed by atoms with van der Waals surface area (Å²) in [5.41, 5.74) is 3.70. The molecule has 1 aromatic heterocycles. The van der Waals surface area contributed by atoms with E-state index in [9.17, 15) is 17.6 Å². The molecule has 1 amide bonds. The normalized spacial score (nSPS) is 11.9. The zero-order chi connectivity index (χ0) is 23.3. The van der Waals surface area contributed by atoms with Crippen molar-refractivity contribution in [1.29, 1.82) is 0 Å². The lowest BCUT2D eigenvalue weighted by Gasteiger charge is -2.18. The van der Waals surface area contributed by atoms with Gasteiger partial charge in [-0.1, -0.05) is 38.1 Å². The summed E-state index contributed by atoms with van der Waals surface area (Å²) in [7, 11) is -3.67. The Morgan fingerprint density at radius 2 is 1.91 bits per heavy atom. The third kappa shape index (κ3) is 5.18. The molecule has 32 heavy (non-hydrogen) atoms. The Morgan fingerprint density at radius 1 is 1.22 bits per heavy atom. The molecular formula is C21H22FN5O3S2. The van der Waals surface area contributed by atoms with Crippen molar-refractivity contribution in [2.45, 2.75) is 18.7 Å². The molecule has 0 aliphatic carbocycles. The molecular weight excluding hydrogens is 453 g/mol. The van der Waals surface area contributed by atoms with E-state index in [2.05, 4.69) is 15.6 Å². The second-order valence-corrected chi connectivity index (χ2v) is 8.99. The number of nitrogens with zero attached hydrogens (tertiary/aromatic N) is 3. The lowest BCUT2D eigenvalue weighted by Crippen LogP contribution is -2.30. The summed E-state index contributed by atoms with van der Waals surface area (Å²) >= 11 is 5.21. The first kappa shape index (κ1) is 23.5. The number of nitrogens with one attached hydrogen (secondary N) is 2. The van der Waals surface area contributed by atoms with Crippen molar-refractivity contribution in [3.05, 3.63) is 70.8 Å². The van der Waals surface area contributed by atoms with E-state index >= 15 is 0 Å². The van der Waals surface area contributed by atoms with Crippen LogP contribution in [0.1, 0.15) is 19.4 Å². The van der Waals surface area contributed by atoms with Gasteiger partial charge in [0, 0.05) is 24.7 Å². The predicted octanol–water partition coefficient (Wildman–Crippen LogP) is 3.56. The van der Waals surface area contributed by atoms with E-state index < -0.39 is 15.9 Å². The van der Waals surface area contributed by atoms with Gasteiger partial charge >= 0.3 is 0 Å². The Hall–Kier alpha value is -3.15. The number of carbonyl (C=O) groups is 1. The molecule has 3 rings (SSSR count). The largest absolute Gasteiger partial charge is 0.268 e. The van der Waals surface area contributed by atoms with Gasteiger partial charge in [-0.2, -0.15) is 9.40 Å². The molecule has 2 aromatic carbocycles. The van der Waals surface area contributed by atoms with Crippen molar-refractivity contribution < 1.29 is 17.6 Å². The van der Waals surface area contributed by atoms with Gasteiger partial charge < -0.3 is 0 Å². The maximum absolute atomic E-state index is 13.0. The van der Waals surface area contributed by atoms with E-state index in [-0.39, 0.29) is 21.3 Å². The van der Waals surface area contributed by atoms with Crippen LogP contribution in [-0.4, -0.2) is 46.6 Å². The van der Waals surface area contributed by atoms with Crippen LogP contribution in [0.4, 0.5) is 4.39 Å². The van der Waals surface area contributed by atoms with Crippen LogP contribution in [0.2, 0.25) is 0 Å². The van der Waals surface area contributed by atoms with Crippen LogP contribution in [-0.2, 0) is 14.8 Å². The molecule has 168 valence electrons. The fraction of sp³-hybridized carbons (Fsp3) is 0.190. The molecule has 11 heteroatoms. The zero-order valence-corrected chi connectivity index (χ0v) is 19.1. The van der Waals surface area contributed by atoms with Crippen molar-refractivity contribution in [2.24, 2.45) is 0 Å². The maximum atomic E-state index is 13.0. The molecule has 0 spiro atoms. The number of rotatable bonds is 8. The lowest BCUT2D eigenvalue weighted by molar-refractivity contribution is -0.112. The molecule has 0 atom stereocenters. The van der Waals surface area contributed by atoms with Gasteiger partial charge in [0.05, 0.1) is 4.90 Å². The Labute approximate surface area is 190 Å². The number of halogens is 1. The van der Waals surface area contributed by atoms with Crippen LogP contribution in [0.15, 0.2) is 59.5 Å². The number of benzene rings is 2. The SMILES string of the molecule is CCN(CC)S(=O)(=O)c1cccc(-c2n[nH]c(=S)n2NC(=O)/C=C/c2ccc(F)cc2)c1. The Kier molecular flexibility index (Phi) is 7.33. The lowest BCUT2D eigenvalue weighted by atomic mass is 10.2. The van der Waals surface area contributed by atoms with Crippen LogP contribution < -0.4 is 5.43 Å². The number of hydrogen-bond donors (Lipinski definition) is 2. The van der Waals surface area contributed by atoms with E-state index in [0.29, 0.717) is 24.2 Å². The third-order valence-corrected chi connectivity index (χ3v) is 6.95. The molecule has 0 fully saturated rings. The molecule has 0 aliphatic rings. The topological polar surface area (TPSA) is 100 Å². The second kappa shape index (κ2) is 9.98. The standard InChI is InChI=1S/C21H22FN5O3S2/c1-3-26(4-2)32(29,30)18-7-5-6-16(14-18)20-23-24-21(31)27(20)25-19(28)13-10-15-8-11-17(22)12-9-15/h5-14H,3-4H2,1-2H3,(H,24,31)(H,25,28)/b13-10+. The maximum Gasteiger partial charge on any atom is 0.262 e. The van der Waals surface area contributed by atoms with Crippen LogP contribution in [0, 0.1) is 10.6 Å². The summed E-state index contributed by atoms with van der Waals surface area (Å²) in [6, 6.07) is 11.9. The number of hydrogen-bond acceptors (Lipinski definition) is 5. The van der Waals surface area contributed by atoms with Crippen LogP contribution in [0.3, 0.4) is 0 Å². The molecule has 2 N–H and O–H groups in total. The number of amides is 1. The van der Waals surface area contributed by atoms with E-state index in [1.165, 1.54) is 57.5 Å². The Balaban J connectivity index is 1.88. The zero-order valence-electron chi connectivity index (χ0n) is 17.4. The van der Waals surface area contributed by atoms with Gasteiger partial charge in [-0.3, -0.25) is 10.2 Å². The van der Waals surface area contributed by atoms with Crippen molar-refractivity contribution in [3.63, 3.8) is 0 Å². The van der Waals surface area contributed by atoms with Gasteiger partial charge in [-0.15, -0.1) is 0 Å². The van der Waals surface area contributed by atoms with Gasteiger partial charge in [0.1, 0.15) is 5.82 Å². The molecule has 0 saturated heterocycles. The Bertz CT molecular complexity index is 1290. The fourth-order valence-corrected chi connectivity index (χ4v) is 4.68. The summed E-state index contributed by atoms with van der Waals surface area (Å²) < 4.78 is 41.5. The van der Waals surface area contributed by atoms with Crippen molar-refractivity contribution in [2.75, 3.05) is 18.5 Å². The number of aromatic nitrogens is 3. The van der Waals surface area contributed by atoms with E-state index in [4.69, 9.17) is 12.2 Å². The van der Waals surface area contributed by atoms with Gasteiger partial charge in [0.25, 0.3) is 5.91 Å². The minimum Gasteiger partial charge on any atom is -0.268 e. The minimum absolute atomic E-state index is 0.113. The van der Waals surface area contributed by atoms with Crippen LogP contribution >= 0.6 is 12.2 Å². The van der Waals surface area contributed by atoms with Gasteiger partial charge in [0.15, 0.2) is 5.82 Å². The summed E-state index contributed by atoms with van der Waals surface area (Å²) in [5.74, 6) is -0.624. The quantitative estimate of drug-likeness (QED) is 0.383. The summed E-state index contributed by atoms with van der Waals surface area (Å²) in [6.07, 6.45) is 2.79. The average Bonchev–Trinajstić information content (AvgIpc) is 3.14. The average molecular weight is 476 g/mol. The second-order valence-electron chi connectivity index (χ2n) is 6.67. The molecule has 0 saturated carbocycles. The monoisotopic (exact) mass is 475 g/mol. The van der Waals surface area contributed by atoms with Crippen molar-refractivity contribution in [1.82, 2.24) is 19.2 Å². The first-order valence-corrected chi connectivity index (χ1v) is 11.6. The molecule has 0 aliphatic heterocycles. The number of H-pyrrole nitrogens is 1. The molecule has 3 aromatic rings. The summed E-state index contributed by atoms with van der Waals surface area (Å²) in [6.45, 7) is 4.23. The smallest absolute Gasteiger partial charge is 0.262 e. The highest BCUT2D eigenvalue weighted by molar-refractivity contribution is 7.89. The number of aromatic amines is 1. The van der Waals surface area contributed by atoms with Crippen molar-refractivity contribution >= 4 is 34.2 Å². The highest BCUT2D eigenvalue weighted by atomic mass is 32.2. The van der Waals surface area contributed by atoms with E-state index in [1.54, 1.807) is 26.0 Å². The number of carbonyl (C=O) groups excluding carboxylic acids is 1. The van der Waals surface area contributed by atoms with Gasteiger partial charge in [-0.25, -0.2) is 22.6 Å². The van der Waals surface area contributed by atoms with Gasteiger partial charge in [-0.05, 0) is 48.1 Å². The van der Waals surface area contributed by atoms with Gasteiger partial charge in [0.2, 0.25) is 14.8 Å². The number of sulfonamides is 1. The van der Waals surface area contributed by atoms with Crippen molar-refractivity contribution in [3.8, 4) is 11.4 Å². The molecule has 0 bridgehead atoms. The first-order chi connectivity index (χ1) is 15.3. The highest BCUT2D eigenvalue weighted by Crippen LogP contribution is 2.23. The fourth-order valence-electron chi connectivity index (χ4n) is 3.00. The molecule has 1 heterocycles. The predicted molar refractivity (Wildman–Crippen MR) is 123 cm³/mol.